The van der Waals surface area contributed by atoms with E-state index in [9.17, 15) is 0 Å². The van der Waals surface area contributed by atoms with Gasteiger partial charge in [0.1, 0.15) is 0 Å². The average Bonchev–Trinajstić information content (AvgIpc) is 2.36. The lowest BCUT2D eigenvalue weighted by molar-refractivity contribution is -0.134. The molecule has 0 unspecified atom stereocenters. The minimum Gasteiger partial charge on any atom is -0.481 e. The molecule has 0 bridgehead atoms. The summed E-state index contributed by atoms with van der Waals surface area (Å²) in [7, 11) is 0. The highest BCUT2D eigenvalue weighted by Gasteiger charge is 1.76. The summed E-state index contributed by atoms with van der Waals surface area (Å²) in [6.45, 7) is 1.08. The third-order valence-corrected chi connectivity index (χ3v) is 1.06. The molecule has 0 spiro atoms. The first-order valence-electron chi connectivity index (χ1n) is 3.30. The average molecular weight is 219 g/mol. The molecule has 0 aliphatic heterocycles. The standard InChI is InChI=1S/C3H4N2S.C2H4O2.CH5N3/c4-3-5-1-2-6-3;1-2(3)4;2-1(3)4/h1-2H,(H2,4,5);1H3,(H,3,4);(H5,2,3,4). The van der Waals surface area contributed by atoms with E-state index >= 15 is 0 Å². The lowest BCUT2D eigenvalue weighted by atomic mass is 10.9. The molecule has 0 aromatic carbocycles. The lowest BCUT2D eigenvalue weighted by Crippen LogP contribution is -2.20. The van der Waals surface area contributed by atoms with Crippen molar-refractivity contribution in [1.82, 2.24) is 4.98 Å². The Labute approximate surface area is 85.1 Å². The molecule has 0 saturated carbocycles. The van der Waals surface area contributed by atoms with Crippen molar-refractivity contribution in [3.05, 3.63) is 11.6 Å². The van der Waals surface area contributed by atoms with Gasteiger partial charge in [-0.2, -0.15) is 0 Å². The fourth-order valence-electron chi connectivity index (χ4n) is 0.234. The maximum absolute atomic E-state index is 9.00. The van der Waals surface area contributed by atoms with Crippen molar-refractivity contribution in [3.63, 3.8) is 0 Å². The molecule has 0 atom stereocenters. The van der Waals surface area contributed by atoms with Crippen LogP contribution in [0.2, 0.25) is 0 Å². The van der Waals surface area contributed by atoms with Crippen molar-refractivity contribution < 1.29 is 9.90 Å². The van der Waals surface area contributed by atoms with Gasteiger partial charge in [-0.15, -0.1) is 11.3 Å². The highest BCUT2D eigenvalue weighted by molar-refractivity contribution is 7.13. The Balaban J connectivity index is 0. The molecule has 0 amide bonds. The number of nitrogens with zero attached hydrogens (tertiary/aromatic N) is 1. The molecule has 0 aliphatic rings. The summed E-state index contributed by atoms with van der Waals surface area (Å²) in [5.41, 5.74) is 14.1. The number of carbonyl (C=O) groups is 1. The molecule has 0 aliphatic carbocycles. The predicted octanol–water partition coefficient (Wildman–Crippen LogP) is -0.345. The number of hydrogen-bond acceptors (Lipinski definition) is 5. The summed E-state index contributed by atoms with van der Waals surface area (Å²) in [6, 6.07) is 0. The van der Waals surface area contributed by atoms with E-state index in [1.807, 2.05) is 5.38 Å². The van der Waals surface area contributed by atoms with Crippen LogP contribution in [-0.4, -0.2) is 22.0 Å². The molecule has 80 valence electrons. The Kier molecular flexibility index (Phi) is 9.71. The minimum atomic E-state index is -0.833. The number of aromatic nitrogens is 1. The van der Waals surface area contributed by atoms with Gasteiger partial charge in [-0.1, -0.05) is 0 Å². The summed E-state index contributed by atoms with van der Waals surface area (Å²) >= 11 is 1.44. The number of nitrogens with two attached hydrogens (primary N) is 3. The van der Waals surface area contributed by atoms with Crippen molar-refractivity contribution in [1.29, 1.82) is 5.41 Å². The summed E-state index contributed by atoms with van der Waals surface area (Å²) in [5.74, 6) is -1.17. The van der Waals surface area contributed by atoms with Gasteiger partial charge in [0, 0.05) is 18.5 Å². The molecule has 1 rings (SSSR count). The zero-order valence-corrected chi connectivity index (χ0v) is 8.41. The monoisotopic (exact) mass is 219 g/mol. The number of hydrogen-bond donors (Lipinski definition) is 5. The van der Waals surface area contributed by atoms with Crippen molar-refractivity contribution in [2.24, 2.45) is 11.5 Å². The lowest BCUT2D eigenvalue weighted by Gasteiger charge is -1.69. The van der Waals surface area contributed by atoms with E-state index in [1.54, 1.807) is 6.20 Å². The number of nitrogens with one attached hydrogen (secondary N) is 1. The van der Waals surface area contributed by atoms with Crippen molar-refractivity contribution in [2.45, 2.75) is 6.92 Å². The highest BCUT2D eigenvalue weighted by atomic mass is 32.1. The van der Waals surface area contributed by atoms with Crippen LogP contribution in [0.1, 0.15) is 6.92 Å². The number of aliphatic carboxylic acids is 1. The van der Waals surface area contributed by atoms with Crippen LogP contribution in [0.15, 0.2) is 11.6 Å². The molecular weight excluding hydrogens is 206 g/mol. The van der Waals surface area contributed by atoms with Gasteiger partial charge in [0.05, 0.1) is 0 Å². The first-order chi connectivity index (χ1) is 6.36. The summed E-state index contributed by atoms with van der Waals surface area (Å²) in [5, 5.41) is 15.9. The Hall–Kier alpha value is -1.83. The van der Waals surface area contributed by atoms with Crippen LogP contribution in [0.3, 0.4) is 0 Å². The maximum Gasteiger partial charge on any atom is 0.300 e. The fourth-order valence-corrected chi connectivity index (χ4v) is 0.617. The van der Waals surface area contributed by atoms with Gasteiger partial charge in [-0.25, -0.2) is 4.98 Å². The highest BCUT2D eigenvalue weighted by Crippen LogP contribution is 2.02. The molecule has 0 fully saturated rings. The molecule has 1 heterocycles. The molecule has 14 heavy (non-hydrogen) atoms. The number of thiazole rings is 1. The number of rotatable bonds is 0. The van der Waals surface area contributed by atoms with Gasteiger partial charge >= 0.3 is 0 Å². The fraction of sp³-hybridized carbons (Fsp3) is 0.167. The summed E-state index contributed by atoms with van der Waals surface area (Å²) in [4.78, 5) is 12.7. The second kappa shape index (κ2) is 9.26. The van der Waals surface area contributed by atoms with E-state index in [2.05, 4.69) is 16.5 Å². The third kappa shape index (κ3) is 32.0. The summed E-state index contributed by atoms with van der Waals surface area (Å²) in [6.07, 6.45) is 1.68. The molecule has 8 N–H and O–H groups in total. The molecule has 7 nitrogen and oxygen atoms in total. The van der Waals surface area contributed by atoms with Gasteiger partial charge in [-0.3, -0.25) is 10.2 Å². The number of nitrogen functional groups attached to an aromatic ring is 1. The molecule has 0 saturated heterocycles. The van der Waals surface area contributed by atoms with Crippen LogP contribution in [-0.2, 0) is 4.79 Å². The largest absolute Gasteiger partial charge is 0.481 e. The first-order valence-corrected chi connectivity index (χ1v) is 4.18. The van der Waals surface area contributed by atoms with Gasteiger partial charge in [0.15, 0.2) is 11.1 Å². The topological polar surface area (TPSA) is 152 Å². The van der Waals surface area contributed by atoms with Gasteiger partial charge in [0.2, 0.25) is 0 Å². The Bertz CT molecular complexity index is 241. The van der Waals surface area contributed by atoms with E-state index in [0.29, 0.717) is 5.13 Å². The number of carboxylic acids is 1. The van der Waals surface area contributed by atoms with E-state index in [-0.39, 0.29) is 5.96 Å². The van der Waals surface area contributed by atoms with E-state index in [4.69, 9.17) is 21.0 Å². The smallest absolute Gasteiger partial charge is 0.300 e. The van der Waals surface area contributed by atoms with Gasteiger partial charge < -0.3 is 22.3 Å². The van der Waals surface area contributed by atoms with E-state index < -0.39 is 5.97 Å². The Morgan fingerprint density at radius 3 is 2.07 bits per heavy atom. The molecule has 1 aromatic rings. The van der Waals surface area contributed by atoms with Crippen molar-refractivity contribution in [2.75, 3.05) is 5.73 Å². The Morgan fingerprint density at radius 2 is 2.00 bits per heavy atom. The van der Waals surface area contributed by atoms with Crippen molar-refractivity contribution in [3.8, 4) is 0 Å². The van der Waals surface area contributed by atoms with Gasteiger partial charge in [0.25, 0.3) is 5.97 Å². The predicted molar refractivity (Wildman–Crippen MR) is 55.9 cm³/mol. The zero-order chi connectivity index (χ0) is 11.6. The van der Waals surface area contributed by atoms with Crippen LogP contribution < -0.4 is 17.2 Å². The third-order valence-electron chi connectivity index (χ3n) is 0.451. The zero-order valence-electron chi connectivity index (χ0n) is 7.60. The number of anilines is 1. The van der Waals surface area contributed by atoms with E-state index in [0.717, 1.165) is 6.92 Å². The molecular formula is C6H13N5O2S. The van der Waals surface area contributed by atoms with Crippen LogP contribution in [0, 0.1) is 5.41 Å². The first kappa shape index (κ1) is 14.7. The quantitative estimate of drug-likeness (QED) is 0.297. The second-order valence-electron chi connectivity index (χ2n) is 1.84. The van der Waals surface area contributed by atoms with Gasteiger partial charge in [-0.05, 0) is 0 Å². The van der Waals surface area contributed by atoms with E-state index in [1.165, 1.54) is 11.3 Å². The Morgan fingerprint density at radius 1 is 1.64 bits per heavy atom. The number of carboxylic acid groups (broad SMARTS) is 1. The molecule has 1 aromatic heterocycles. The van der Waals surface area contributed by atoms with Crippen LogP contribution in [0.4, 0.5) is 5.13 Å². The number of guanidine groups is 1. The molecule has 0 radical (unpaired) electrons. The normalized spacial score (nSPS) is 7.21. The summed E-state index contributed by atoms with van der Waals surface area (Å²) < 4.78 is 0. The van der Waals surface area contributed by atoms with Crippen LogP contribution >= 0.6 is 11.3 Å². The maximum atomic E-state index is 9.00. The SMILES string of the molecule is CC(=O)O.N=C(N)N.Nc1nccs1. The van der Waals surface area contributed by atoms with Crippen LogP contribution in [0.25, 0.3) is 0 Å². The molecule has 8 heteroatoms. The van der Waals surface area contributed by atoms with Crippen molar-refractivity contribution >= 4 is 28.4 Å². The second-order valence-corrected chi connectivity index (χ2v) is 2.77. The minimum absolute atomic E-state index is 0.333. The van der Waals surface area contributed by atoms with Crippen LogP contribution in [0.5, 0.6) is 0 Å².